The molecule has 0 fully saturated rings. The third-order valence-electron chi connectivity index (χ3n) is 7.53. The number of hydrogen-bond acceptors (Lipinski definition) is 8. The fourth-order valence-corrected chi connectivity index (χ4v) is 5.84. The lowest BCUT2D eigenvalue weighted by Crippen LogP contribution is -2.46. The van der Waals surface area contributed by atoms with Crippen LogP contribution in [0.5, 0.6) is 0 Å². The van der Waals surface area contributed by atoms with Crippen molar-refractivity contribution in [3.63, 3.8) is 0 Å². The topological polar surface area (TPSA) is 110 Å². The number of aliphatic carboxylic acids is 1. The zero-order chi connectivity index (χ0) is 31.1. The van der Waals surface area contributed by atoms with Crippen LogP contribution in [0.2, 0.25) is 19.6 Å². The molecule has 224 valence electrons. The summed E-state index contributed by atoms with van der Waals surface area (Å²) in [5, 5.41) is 18.6. The Bertz CT molecular complexity index is 1440. The number of carboxylic acids is 1. The third-order valence-corrected chi connectivity index (χ3v) is 10.8. The highest BCUT2D eigenvalue weighted by molar-refractivity contribution is 7.13. The van der Waals surface area contributed by atoms with Crippen LogP contribution in [0.15, 0.2) is 102 Å². The Labute approximate surface area is 257 Å². The summed E-state index contributed by atoms with van der Waals surface area (Å²) < 4.78 is 5.95. The molecule has 2 N–H and O–H groups in total. The van der Waals surface area contributed by atoms with Crippen molar-refractivity contribution in [1.82, 2.24) is 4.98 Å². The van der Waals surface area contributed by atoms with Crippen LogP contribution in [0, 0.1) is 0 Å². The summed E-state index contributed by atoms with van der Waals surface area (Å²) in [7, 11) is -1.82. The molecular weight excluding hydrogens is 579 g/mol. The van der Waals surface area contributed by atoms with Gasteiger partial charge in [-0.15, -0.1) is 11.3 Å². The van der Waals surface area contributed by atoms with Crippen LogP contribution in [0.4, 0.5) is 5.13 Å². The minimum atomic E-state index is -1.82. The van der Waals surface area contributed by atoms with E-state index in [1.54, 1.807) is 12.3 Å². The van der Waals surface area contributed by atoms with Gasteiger partial charge in [-0.05, 0) is 30.5 Å². The summed E-state index contributed by atoms with van der Waals surface area (Å²) in [4.78, 5) is 34.9. The van der Waals surface area contributed by atoms with Gasteiger partial charge in [0.1, 0.15) is 17.6 Å². The number of carbonyl (C=O) groups is 2. The van der Waals surface area contributed by atoms with E-state index in [0.29, 0.717) is 17.0 Å². The molecule has 0 aliphatic rings. The largest absolute Gasteiger partial charge is 0.477 e. The lowest BCUT2D eigenvalue weighted by molar-refractivity contribution is -0.154. The summed E-state index contributed by atoms with van der Waals surface area (Å²) in [6.07, 6.45) is 0.637. The first-order chi connectivity index (χ1) is 20.5. The molecule has 0 aliphatic heterocycles. The van der Waals surface area contributed by atoms with E-state index in [1.165, 1.54) is 11.3 Å². The Balaban J connectivity index is 1.79. The SMILES string of the molecule is CC(OC(=O)C(C)(CON=CC(=O)O)c1csc(NC(c2ccccc2)(c2ccccc2)c2ccccc2)n1)[Si](C)(C)C. The average Bonchev–Trinajstić information content (AvgIpc) is 3.48. The van der Waals surface area contributed by atoms with Gasteiger partial charge in [-0.2, -0.15) is 0 Å². The quantitative estimate of drug-likeness (QED) is 0.0566. The smallest absolute Gasteiger partial charge is 0.350 e. The minimum Gasteiger partial charge on any atom is -0.477 e. The van der Waals surface area contributed by atoms with E-state index in [0.717, 1.165) is 16.7 Å². The van der Waals surface area contributed by atoms with Crippen LogP contribution in [0.25, 0.3) is 0 Å². The fraction of sp³-hybridized carbons (Fsp3) is 0.273. The Morgan fingerprint density at radius 3 is 1.88 bits per heavy atom. The monoisotopic (exact) mass is 615 g/mol. The van der Waals surface area contributed by atoms with Gasteiger partial charge < -0.3 is 20.0 Å². The predicted molar refractivity (Wildman–Crippen MR) is 173 cm³/mol. The molecule has 0 saturated carbocycles. The van der Waals surface area contributed by atoms with Crippen molar-refractivity contribution >= 4 is 42.7 Å². The maximum Gasteiger partial charge on any atom is 0.350 e. The lowest BCUT2D eigenvalue weighted by atomic mass is 9.77. The average molecular weight is 616 g/mol. The summed E-state index contributed by atoms with van der Waals surface area (Å²) >= 11 is 1.36. The van der Waals surface area contributed by atoms with E-state index in [1.807, 2.05) is 61.5 Å². The minimum absolute atomic E-state index is 0.252. The maximum atomic E-state index is 13.7. The second-order valence-corrected chi connectivity index (χ2v) is 18.0. The molecular formula is C33H37N3O5SSi. The number of rotatable bonds is 13. The summed E-state index contributed by atoms with van der Waals surface area (Å²) in [6, 6.07) is 30.5. The lowest BCUT2D eigenvalue weighted by Gasteiger charge is -2.37. The highest BCUT2D eigenvalue weighted by Gasteiger charge is 2.44. The summed E-state index contributed by atoms with van der Waals surface area (Å²) in [5.74, 6) is -1.76. The molecule has 3 aromatic carbocycles. The number of anilines is 1. The van der Waals surface area contributed by atoms with Gasteiger partial charge in [-0.25, -0.2) is 9.78 Å². The van der Waals surface area contributed by atoms with E-state index in [2.05, 4.69) is 66.5 Å². The molecule has 8 nitrogen and oxygen atoms in total. The van der Waals surface area contributed by atoms with Gasteiger partial charge in [-0.1, -0.05) is 116 Å². The van der Waals surface area contributed by atoms with Crippen molar-refractivity contribution < 1.29 is 24.3 Å². The van der Waals surface area contributed by atoms with Gasteiger partial charge in [0.15, 0.2) is 11.3 Å². The van der Waals surface area contributed by atoms with Crippen LogP contribution in [-0.4, -0.2) is 48.7 Å². The number of ether oxygens (including phenoxy) is 1. The number of esters is 1. The van der Waals surface area contributed by atoms with E-state index in [9.17, 15) is 9.59 Å². The van der Waals surface area contributed by atoms with Gasteiger partial charge in [-0.3, -0.25) is 4.79 Å². The van der Waals surface area contributed by atoms with Gasteiger partial charge in [0.05, 0.1) is 19.5 Å². The second kappa shape index (κ2) is 13.3. The maximum absolute atomic E-state index is 13.7. The summed E-state index contributed by atoms with van der Waals surface area (Å²) in [6.45, 7) is 9.69. The van der Waals surface area contributed by atoms with Gasteiger partial charge >= 0.3 is 11.9 Å². The molecule has 43 heavy (non-hydrogen) atoms. The number of hydrogen-bond donors (Lipinski definition) is 2. The number of benzene rings is 3. The molecule has 2 atom stereocenters. The molecule has 0 spiro atoms. The molecule has 1 aromatic heterocycles. The number of aromatic nitrogens is 1. The highest BCUT2D eigenvalue weighted by atomic mass is 32.1. The number of carboxylic acid groups (broad SMARTS) is 1. The number of nitrogens with one attached hydrogen (secondary N) is 1. The molecule has 2 unspecified atom stereocenters. The van der Waals surface area contributed by atoms with Gasteiger partial charge in [0.2, 0.25) is 0 Å². The molecule has 4 aromatic rings. The number of carbonyl (C=O) groups excluding carboxylic acids is 1. The van der Waals surface area contributed by atoms with Crippen LogP contribution < -0.4 is 5.32 Å². The third kappa shape index (κ3) is 7.21. The fourth-order valence-electron chi connectivity index (χ4n) is 4.48. The van der Waals surface area contributed by atoms with Crippen molar-refractivity contribution in [2.75, 3.05) is 11.9 Å². The first-order valence-electron chi connectivity index (χ1n) is 14.0. The molecule has 0 amide bonds. The normalized spacial score (nSPS) is 14.1. The molecule has 1 heterocycles. The van der Waals surface area contributed by atoms with Crippen molar-refractivity contribution in [2.45, 2.75) is 50.2 Å². The molecule has 0 aliphatic carbocycles. The second-order valence-electron chi connectivity index (χ2n) is 11.6. The van der Waals surface area contributed by atoms with Gasteiger partial charge in [0, 0.05) is 5.38 Å². The van der Waals surface area contributed by atoms with E-state index >= 15 is 0 Å². The molecule has 0 saturated heterocycles. The number of thiazole rings is 1. The van der Waals surface area contributed by atoms with Crippen molar-refractivity contribution in [1.29, 1.82) is 0 Å². The Morgan fingerprint density at radius 1 is 0.953 bits per heavy atom. The molecule has 0 radical (unpaired) electrons. The van der Waals surface area contributed by atoms with Crippen LogP contribution in [-0.2, 0) is 30.1 Å². The number of oxime groups is 1. The highest BCUT2D eigenvalue weighted by Crippen LogP contribution is 2.41. The first-order valence-corrected chi connectivity index (χ1v) is 18.4. The zero-order valence-corrected chi connectivity index (χ0v) is 26.8. The standard InChI is InChI=1S/C33H37N3O5SSi/c1-24(43(3,4)5)41-30(39)32(2,23-40-34-21-29(37)38)28-22-42-31(35-28)36-33(25-15-9-6-10-16-25,26-17-11-7-12-18-26)27-19-13-8-14-20-27/h6-22,24H,23H2,1-5H3,(H,35,36)(H,37,38). The van der Waals surface area contributed by atoms with Crippen LogP contribution in [0.1, 0.15) is 36.2 Å². The molecule has 10 heteroatoms. The van der Waals surface area contributed by atoms with Gasteiger partial charge in [0.25, 0.3) is 0 Å². The van der Waals surface area contributed by atoms with Crippen molar-refractivity contribution in [3.8, 4) is 0 Å². The predicted octanol–water partition coefficient (Wildman–Crippen LogP) is 6.70. The summed E-state index contributed by atoms with van der Waals surface area (Å²) in [5.41, 5.74) is 1.06. The molecule has 4 rings (SSSR count). The Hall–Kier alpha value is -4.28. The van der Waals surface area contributed by atoms with Crippen molar-refractivity contribution in [3.05, 3.63) is 119 Å². The Morgan fingerprint density at radius 2 is 1.44 bits per heavy atom. The van der Waals surface area contributed by atoms with Crippen molar-refractivity contribution in [2.24, 2.45) is 5.16 Å². The first kappa shape index (κ1) is 31.6. The van der Waals surface area contributed by atoms with E-state index in [-0.39, 0.29) is 12.3 Å². The molecule has 0 bridgehead atoms. The van der Waals surface area contributed by atoms with Crippen LogP contribution >= 0.6 is 11.3 Å². The Kier molecular flexibility index (Phi) is 9.83. The zero-order valence-electron chi connectivity index (χ0n) is 25.0. The number of nitrogens with zero attached hydrogens (tertiary/aromatic N) is 2. The van der Waals surface area contributed by atoms with E-state index < -0.39 is 31.0 Å². The van der Waals surface area contributed by atoms with Crippen LogP contribution in [0.3, 0.4) is 0 Å². The van der Waals surface area contributed by atoms with E-state index in [4.69, 9.17) is 19.7 Å².